The van der Waals surface area contributed by atoms with Crippen LogP contribution in [0.15, 0.2) is 48.5 Å². The van der Waals surface area contributed by atoms with Gasteiger partial charge in [-0.15, -0.1) is 0 Å². The molecule has 0 bridgehead atoms. The molecule has 0 atom stereocenters. The van der Waals surface area contributed by atoms with E-state index in [0.29, 0.717) is 12.2 Å². The Morgan fingerprint density at radius 1 is 1.10 bits per heavy atom. The largest absolute Gasteiger partial charge is 0.318 e. The third-order valence-corrected chi connectivity index (χ3v) is 3.60. The summed E-state index contributed by atoms with van der Waals surface area (Å²) >= 11 is 0. The van der Waals surface area contributed by atoms with Crippen LogP contribution in [0.2, 0.25) is 0 Å². The SMILES string of the molecule is Cc1cccc(NC(=O)C(=O)N2CCc3ccccc32)c1. The number of para-hydroxylation sites is 1. The van der Waals surface area contributed by atoms with Crippen molar-refractivity contribution >= 4 is 23.2 Å². The van der Waals surface area contributed by atoms with Gasteiger partial charge in [-0.05, 0) is 42.7 Å². The first-order valence-corrected chi connectivity index (χ1v) is 6.92. The van der Waals surface area contributed by atoms with Gasteiger partial charge in [0.05, 0.1) is 0 Å². The van der Waals surface area contributed by atoms with Crippen LogP contribution in [-0.2, 0) is 16.0 Å². The van der Waals surface area contributed by atoms with Crippen molar-refractivity contribution < 1.29 is 9.59 Å². The summed E-state index contributed by atoms with van der Waals surface area (Å²) in [5.41, 5.74) is 3.61. The fourth-order valence-corrected chi connectivity index (χ4v) is 2.58. The van der Waals surface area contributed by atoms with Gasteiger partial charge in [-0.3, -0.25) is 9.59 Å². The highest BCUT2D eigenvalue weighted by Gasteiger charge is 2.28. The highest BCUT2D eigenvalue weighted by molar-refractivity contribution is 6.44. The van der Waals surface area contributed by atoms with Crippen LogP contribution in [0.4, 0.5) is 11.4 Å². The fraction of sp³-hybridized carbons (Fsp3) is 0.176. The van der Waals surface area contributed by atoms with E-state index in [1.54, 1.807) is 11.0 Å². The van der Waals surface area contributed by atoms with Crippen LogP contribution >= 0.6 is 0 Å². The Hall–Kier alpha value is -2.62. The fourth-order valence-electron chi connectivity index (χ4n) is 2.58. The van der Waals surface area contributed by atoms with Crippen LogP contribution in [0.3, 0.4) is 0 Å². The Balaban J connectivity index is 1.76. The van der Waals surface area contributed by atoms with Gasteiger partial charge < -0.3 is 10.2 Å². The number of nitrogens with zero attached hydrogens (tertiary/aromatic N) is 1. The maximum absolute atomic E-state index is 12.3. The van der Waals surface area contributed by atoms with Gasteiger partial charge in [0, 0.05) is 17.9 Å². The second kappa shape index (κ2) is 5.40. The molecule has 0 aliphatic carbocycles. The van der Waals surface area contributed by atoms with Gasteiger partial charge in [-0.25, -0.2) is 0 Å². The lowest BCUT2D eigenvalue weighted by atomic mass is 10.2. The molecule has 21 heavy (non-hydrogen) atoms. The van der Waals surface area contributed by atoms with E-state index in [9.17, 15) is 9.59 Å². The van der Waals surface area contributed by atoms with E-state index in [1.807, 2.05) is 49.4 Å². The third-order valence-electron chi connectivity index (χ3n) is 3.60. The highest BCUT2D eigenvalue weighted by atomic mass is 16.2. The molecule has 1 aliphatic heterocycles. The van der Waals surface area contributed by atoms with Crippen molar-refractivity contribution in [1.82, 2.24) is 0 Å². The number of hydrogen-bond acceptors (Lipinski definition) is 2. The number of fused-ring (bicyclic) bond motifs is 1. The maximum atomic E-state index is 12.3. The minimum absolute atomic E-state index is 0.513. The number of carbonyl (C=O) groups excluding carboxylic acids is 2. The number of hydrogen-bond donors (Lipinski definition) is 1. The molecule has 1 N–H and O–H groups in total. The molecule has 4 nitrogen and oxygen atoms in total. The molecule has 3 rings (SSSR count). The topological polar surface area (TPSA) is 49.4 Å². The molecule has 2 amide bonds. The van der Waals surface area contributed by atoms with E-state index < -0.39 is 11.8 Å². The summed E-state index contributed by atoms with van der Waals surface area (Å²) in [5.74, 6) is -1.11. The molecular weight excluding hydrogens is 264 g/mol. The van der Waals surface area contributed by atoms with Crippen molar-refractivity contribution in [3.63, 3.8) is 0 Å². The standard InChI is InChI=1S/C17H16N2O2/c1-12-5-4-7-14(11-12)18-16(20)17(21)19-10-9-13-6-2-3-8-15(13)19/h2-8,11H,9-10H2,1H3,(H,18,20). The zero-order valence-corrected chi connectivity index (χ0v) is 11.8. The second-order valence-electron chi connectivity index (χ2n) is 5.16. The summed E-state index contributed by atoms with van der Waals surface area (Å²) in [6.45, 7) is 2.49. The summed E-state index contributed by atoms with van der Waals surface area (Å²) in [5, 5.41) is 2.66. The number of aryl methyl sites for hydroxylation is 1. The van der Waals surface area contributed by atoms with Crippen molar-refractivity contribution in [2.45, 2.75) is 13.3 Å². The van der Waals surface area contributed by atoms with E-state index in [2.05, 4.69) is 5.32 Å². The van der Waals surface area contributed by atoms with E-state index in [-0.39, 0.29) is 0 Å². The van der Waals surface area contributed by atoms with E-state index in [1.165, 1.54) is 0 Å². The molecule has 0 saturated heterocycles. The summed E-state index contributed by atoms with van der Waals surface area (Å²) in [6, 6.07) is 15.1. The Morgan fingerprint density at radius 2 is 1.90 bits per heavy atom. The highest BCUT2D eigenvalue weighted by Crippen LogP contribution is 2.27. The lowest BCUT2D eigenvalue weighted by Crippen LogP contribution is -2.38. The Morgan fingerprint density at radius 3 is 2.71 bits per heavy atom. The molecule has 0 saturated carbocycles. The van der Waals surface area contributed by atoms with Gasteiger partial charge >= 0.3 is 11.8 Å². The van der Waals surface area contributed by atoms with Crippen molar-refractivity contribution in [3.05, 3.63) is 59.7 Å². The van der Waals surface area contributed by atoms with Crippen LogP contribution < -0.4 is 10.2 Å². The van der Waals surface area contributed by atoms with Crippen LogP contribution in [0.25, 0.3) is 0 Å². The smallest absolute Gasteiger partial charge is 0.316 e. The molecule has 4 heteroatoms. The number of amides is 2. The summed E-state index contributed by atoms with van der Waals surface area (Å²) < 4.78 is 0. The number of benzene rings is 2. The monoisotopic (exact) mass is 280 g/mol. The molecule has 0 unspecified atom stereocenters. The van der Waals surface area contributed by atoms with Gasteiger partial charge in [-0.1, -0.05) is 30.3 Å². The summed E-state index contributed by atoms with van der Waals surface area (Å²) in [7, 11) is 0. The minimum atomic E-state index is -0.600. The van der Waals surface area contributed by atoms with Crippen molar-refractivity contribution in [3.8, 4) is 0 Å². The maximum Gasteiger partial charge on any atom is 0.316 e. The minimum Gasteiger partial charge on any atom is -0.318 e. The lowest BCUT2D eigenvalue weighted by Gasteiger charge is -2.16. The first kappa shape index (κ1) is 13.4. The van der Waals surface area contributed by atoms with E-state index in [0.717, 1.165) is 23.2 Å². The molecule has 2 aromatic carbocycles. The van der Waals surface area contributed by atoms with Gasteiger partial charge in [0.2, 0.25) is 0 Å². The van der Waals surface area contributed by atoms with Gasteiger partial charge in [0.1, 0.15) is 0 Å². The summed E-state index contributed by atoms with van der Waals surface area (Å²) in [4.78, 5) is 26.0. The molecule has 1 aliphatic rings. The van der Waals surface area contributed by atoms with Crippen LogP contribution in [0, 0.1) is 6.92 Å². The molecule has 0 fully saturated rings. The normalized spacial score (nSPS) is 12.9. The molecule has 0 spiro atoms. The van der Waals surface area contributed by atoms with Crippen molar-refractivity contribution in [2.24, 2.45) is 0 Å². The zero-order valence-electron chi connectivity index (χ0n) is 11.8. The zero-order chi connectivity index (χ0) is 14.8. The third kappa shape index (κ3) is 2.65. The molecule has 1 heterocycles. The molecular formula is C17H16N2O2. The van der Waals surface area contributed by atoms with E-state index >= 15 is 0 Å². The average molecular weight is 280 g/mol. The van der Waals surface area contributed by atoms with Gasteiger partial charge in [0.25, 0.3) is 0 Å². The second-order valence-corrected chi connectivity index (χ2v) is 5.16. The van der Waals surface area contributed by atoms with Gasteiger partial charge in [-0.2, -0.15) is 0 Å². The van der Waals surface area contributed by atoms with Crippen molar-refractivity contribution in [2.75, 3.05) is 16.8 Å². The average Bonchev–Trinajstić information content (AvgIpc) is 2.90. The van der Waals surface area contributed by atoms with E-state index in [4.69, 9.17) is 0 Å². The number of carbonyl (C=O) groups is 2. The Labute approximate surface area is 123 Å². The Bertz CT molecular complexity index is 709. The first-order valence-electron chi connectivity index (χ1n) is 6.92. The van der Waals surface area contributed by atoms with Crippen LogP contribution in [0.5, 0.6) is 0 Å². The molecule has 0 aromatic heterocycles. The predicted octanol–water partition coefficient (Wildman–Crippen LogP) is 2.52. The van der Waals surface area contributed by atoms with Crippen molar-refractivity contribution in [1.29, 1.82) is 0 Å². The quantitative estimate of drug-likeness (QED) is 0.816. The molecule has 2 aromatic rings. The lowest BCUT2D eigenvalue weighted by molar-refractivity contribution is -0.134. The van der Waals surface area contributed by atoms with Crippen LogP contribution in [-0.4, -0.2) is 18.4 Å². The number of anilines is 2. The first-order chi connectivity index (χ1) is 10.1. The van der Waals surface area contributed by atoms with Crippen LogP contribution in [0.1, 0.15) is 11.1 Å². The molecule has 0 radical (unpaired) electrons. The molecule has 106 valence electrons. The van der Waals surface area contributed by atoms with Gasteiger partial charge in [0.15, 0.2) is 0 Å². The predicted molar refractivity (Wildman–Crippen MR) is 82.3 cm³/mol. The number of nitrogens with one attached hydrogen (secondary N) is 1. The number of rotatable bonds is 1. The summed E-state index contributed by atoms with van der Waals surface area (Å²) in [6.07, 6.45) is 0.791. The Kier molecular flexibility index (Phi) is 3.44.